The maximum absolute atomic E-state index is 11.8. The summed E-state index contributed by atoms with van der Waals surface area (Å²) in [7, 11) is 3.14. The molecule has 1 fully saturated rings. The van der Waals surface area contributed by atoms with Crippen LogP contribution in [0.15, 0.2) is 0 Å². The Labute approximate surface area is 132 Å². The van der Waals surface area contributed by atoms with Crippen molar-refractivity contribution in [3.8, 4) is 0 Å². The van der Waals surface area contributed by atoms with Gasteiger partial charge in [-0.1, -0.05) is 6.92 Å². The quantitative estimate of drug-likeness (QED) is 0.770. The van der Waals surface area contributed by atoms with Gasteiger partial charge in [-0.2, -0.15) is 0 Å². The first-order chi connectivity index (χ1) is 10.4. The summed E-state index contributed by atoms with van der Waals surface area (Å²) < 4.78 is 27.9. The minimum Gasteiger partial charge on any atom is -0.417 e. The largest absolute Gasteiger partial charge is 0.417 e. The number of nitrogens with one attached hydrogen (secondary N) is 1. The third-order valence-corrected chi connectivity index (χ3v) is 3.42. The van der Waals surface area contributed by atoms with E-state index in [1.54, 1.807) is 7.11 Å². The van der Waals surface area contributed by atoms with Crippen LogP contribution in [0, 0.1) is 0 Å². The van der Waals surface area contributed by atoms with Crippen LogP contribution in [0.2, 0.25) is 0 Å². The van der Waals surface area contributed by atoms with Crippen LogP contribution in [0.1, 0.15) is 34.1 Å². The molecule has 7 nitrogen and oxygen atoms in total. The van der Waals surface area contributed by atoms with Gasteiger partial charge in [0, 0.05) is 26.9 Å². The Kier molecular flexibility index (Phi) is 8.09. The number of hydrogen-bond acceptors (Lipinski definition) is 6. The van der Waals surface area contributed by atoms with Gasteiger partial charge in [-0.05, 0) is 27.2 Å². The van der Waals surface area contributed by atoms with E-state index in [2.05, 4.69) is 5.32 Å². The highest BCUT2D eigenvalue weighted by Crippen LogP contribution is 2.28. The molecule has 1 saturated heterocycles. The normalized spacial score (nSPS) is 32.0. The van der Waals surface area contributed by atoms with E-state index in [1.165, 1.54) is 7.11 Å². The van der Waals surface area contributed by atoms with Gasteiger partial charge in [0.25, 0.3) is 0 Å². The summed E-state index contributed by atoms with van der Waals surface area (Å²) in [4.78, 5) is 11.8. The lowest BCUT2D eigenvalue weighted by atomic mass is 9.99. The molecule has 5 atom stereocenters. The zero-order valence-corrected chi connectivity index (χ0v) is 14.3. The van der Waals surface area contributed by atoms with Crippen molar-refractivity contribution in [3.63, 3.8) is 0 Å². The minimum atomic E-state index is -0.841. The van der Waals surface area contributed by atoms with E-state index in [0.717, 1.165) is 6.42 Å². The molecule has 0 aromatic heterocycles. The van der Waals surface area contributed by atoms with Crippen molar-refractivity contribution in [2.24, 2.45) is 0 Å². The lowest BCUT2D eigenvalue weighted by Gasteiger charge is -2.43. The molecule has 0 aromatic rings. The van der Waals surface area contributed by atoms with E-state index in [-0.39, 0.29) is 24.4 Å². The fraction of sp³-hybridized carbons (Fsp3) is 0.933. The zero-order valence-electron chi connectivity index (χ0n) is 14.3. The molecule has 7 heteroatoms. The Morgan fingerprint density at radius 1 is 1.18 bits per heavy atom. The van der Waals surface area contributed by atoms with Crippen molar-refractivity contribution in [2.45, 2.75) is 70.9 Å². The number of carbonyl (C=O) groups is 1. The maximum atomic E-state index is 11.8. The number of rotatable bonds is 7. The average Bonchev–Trinajstić information content (AvgIpc) is 2.43. The van der Waals surface area contributed by atoms with Gasteiger partial charge in [0.15, 0.2) is 0 Å². The van der Waals surface area contributed by atoms with Gasteiger partial charge in [-0.3, -0.25) is 0 Å². The molecule has 1 amide bonds. The number of methoxy groups -OCH3 is 2. The third-order valence-electron chi connectivity index (χ3n) is 3.42. The molecule has 1 aliphatic rings. The van der Waals surface area contributed by atoms with Crippen molar-refractivity contribution in [3.05, 3.63) is 0 Å². The third kappa shape index (κ3) is 5.08. The summed E-state index contributed by atoms with van der Waals surface area (Å²) in [6.07, 6.45) is -2.00. The summed E-state index contributed by atoms with van der Waals surface area (Å²) in [6, 6.07) is -0.0200. The van der Waals surface area contributed by atoms with Crippen LogP contribution < -0.4 is 5.32 Å². The average molecular weight is 319 g/mol. The first-order valence-corrected chi connectivity index (χ1v) is 7.74. The molecule has 1 heterocycles. The molecule has 0 spiro atoms. The lowest BCUT2D eigenvalue weighted by Crippen LogP contribution is -2.60. The van der Waals surface area contributed by atoms with E-state index < -0.39 is 18.5 Å². The van der Waals surface area contributed by atoms with Crippen LogP contribution in [0.5, 0.6) is 0 Å². The van der Waals surface area contributed by atoms with E-state index in [0.29, 0.717) is 6.61 Å². The second-order valence-corrected chi connectivity index (χ2v) is 5.65. The van der Waals surface area contributed by atoms with Gasteiger partial charge in [-0.15, -0.1) is 0 Å². The number of alkyl carbamates (subject to hydrolysis) is 1. The van der Waals surface area contributed by atoms with Crippen molar-refractivity contribution >= 4 is 6.09 Å². The molecular weight excluding hydrogens is 290 g/mol. The Hall–Kier alpha value is -0.890. The van der Waals surface area contributed by atoms with Crippen LogP contribution in [0.3, 0.4) is 0 Å². The molecule has 0 radical (unpaired) electrons. The predicted octanol–water partition coefficient (Wildman–Crippen LogP) is 1.69. The molecule has 1 N–H and O–H groups in total. The highest BCUT2D eigenvalue weighted by molar-refractivity contribution is 5.67. The van der Waals surface area contributed by atoms with Crippen LogP contribution in [0.4, 0.5) is 4.79 Å². The van der Waals surface area contributed by atoms with Gasteiger partial charge >= 0.3 is 6.09 Å². The van der Waals surface area contributed by atoms with Gasteiger partial charge in [0.2, 0.25) is 6.29 Å². The van der Waals surface area contributed by atoms with E-state index in [4.69, 9.17) is 23.7 Å². The van der Waals surface area contributed by atoms with Gasteiger partial charge in [0.05, 0.1) is 6.10 Å². The number of hydrogen-bond donors (Lipinski definition) is 1. The molecule has 1 rings (SSSR count). The van der Waals surface area contributed by atoms with E-state index >= 15 is 0 Å². The highest BCUT2D eigenvalue weighted by atomic mass is 16.7. The van der Waals surface area contributed by atoms with Crippen LogP contribution in [-0.4, -0.2) is 63.7 Å². The number of ether oxygens (including phenoxy) is 5. The first kappa shape index (κ1) is 19.2. The van der Waals surface area contributed by atoms with Crippen molar-refractivity contribution < 1.29 is 28.5 Å². The Morgan fingerprint density at radius 3 is 2.32 bits per heavy atom. The summed E-state index contributed by atoms with van der Waals surface area (Å²) in [5.74, 6) is 0. The molecule has 0 saturated carbocycles. The number of amides is 1. The van der Waals surface area contributed by atoms with E-state index in [9.17, 15) is 4.79 Å². The van der Waals surface area contributed by atoms with Crippen LogP contribution in [-0.2, 0) is 23.7 Å². The Bertz CT molecular complexity index is 338. The second-order valence-electron chi connectivity index (χ2n) is 5.65. The smallest absolute Gasteiger partial charge is 0.409 e. The summed E-state index contributed by atoms with van der Waals surface area (Å²) in [5, 5.41) is 2.66. The zero-order chi connectivity index (χ0) is 16.7. The minimum absolute atomic E-state index is 0.0200. The molecular formula is C15H29NO6. The molecule has 1 aliphatic heterocycles. The maximum Gasteiger partial charge on any atom is 0.409 e. The summed E-state index contributed by atoms with van der Waals surface area (Å²) >= 11 is 0. The molecule has 0 unspecified atom stereocenters. The molecule has 130 valence electrons. The monoisotopic (exact) mass is 319 g/mol. The molecule has 0 aliphatic carbocycles. The van der Waals surface area contributed by atoms with Crippen LogP contribution in [0.25, 0.3) is 0 Å². The SMILES string of the molecule is CCCO[C@@H]1[C@@H](OC)[C@H](C)O[C@@H](OC(=O)NC(C)C)[C@@H]1OC. The topological polar surface area (TPSA) is 75.2 Å². The molecule has 22 heavy (non-hydrogen) atoms. The highest BCUT2D eigenvalue weighted by Gasteiger charge is 2.47. The van der Waals surface area contributed by atoms with Gasteiger partial charge in [0.1, 0.15) is 18.3 Å². The standard InChI is InChI=1S/C15H29NO6/c1-7-8-20-12-11(18-5)10(4)21-14(13(12)19-6)22-15(17)16-9(2)3/h9-14H,7-8H2,1-6H3,(H,16,17)/t10-,11-,12+,13+,14-/m0/s1. The first-order valence-electron chi connectivity index (χ1n) is 7.74. The van der Waals surface area contributed by atoms with Gasteiger partial charge < -0.3 is 29.0 Å². The van der Waals surface area contributed by atoms with E-state index in [1.807, 2.05) is 27.7 Å². The Morgan fingerprint density at radius 2 is 1.82 bits per heavy atom. The number of carbonyl (C=O) groups excluding carboxylic acids is 1. The molecule has 0 bridgehead atoms. The predicted molar refractivity (Wildman–Crippen MR) is 80.7 cm³/mol. The summed E-state index contributed by atoms with van der Waals surface area (Å²) in [5.41, 5.74) is 0. The lowest BCUT2D eigenvalue weighted by molar-refractivity contribution is -0.293. The van der Waals surface area contributed by atoms with Crippen molar-refractivity contribution in [2.75, 3.05) is 20.8 Å². The van der Waals surface area contributed by atoms with Crippen LogP contribution >= 0.6 is 0 Å². The van der Waals surface area contributed by atoms with Crippen molar-refractivity contribution in [1.29, 1.82) is 0 Å². The second kappa shape index (κ2) is 9.29. The Balaban J connectivity index is 2.81. The molecule has 0 aromatic carbocycles. The van der Waals surface area contributed by atoms with Gasteiger partial charge in [-0.25, -0.2) is 4.79 Å². The fourth-order valence-electron chi connectivity index (χ4n) is 2.46. The fourth-order valence-corrected chi connectivity index (χ4v) is 2.46. The van der Waals surface area contributed by atoms with Crippen molar-refractivity contribution in [1.82, 2.24) is 5.32 Å². The summed E-state index contributed by atoms with van der Waals surface area (Å²) in [6.45, 7) is 8.17.